The number of aromatic nitrogens is 1. The Labute approximate surface area is 135 Å². The molecule has 2 fully saturated rings. The molecule has 118 valence electrons. The minimum atomic E-state index is -0.155. The van der Waals surface area contributed by atoms with Gasteiger partial charge in [-0.2, -0.15) is 0 Å². The van der Waals surface area contributed by atoms with Gasteiger partial charge in [0.15, 0.2) is 0 Å². The highest BCUT2D eigenvalue weighted by atomic mass is 16.2. The second-order valence-electron chi connectivity index (χ2n) is 6.35. The maximum atomic E-state index is 12.0. The summed E-state index contributed by atoms with van der Waals surface area (Å²) in [5.74, 6) is 1.77. The highest BCUT2D eigenvalue weighted by molar-refractivity contribution is 5.88. The van der Waals surface area contributed by atoms with E-state index < -0.39 is 0 Å². The van der Waals surface area contributed by atoms with E-state index >= 15 is 0 Å². The van der Waals surface area contributed by atoms with Crippen LogP contribution in [0.15, 0.2) is 54.7 Å². The molecule has 2 amide bonds. The van der Waals surface area contributed by atoms with Crippen LogP contribution in [0.5, 0.6) is 0 Å². The molecule has 1 aromatic heterocycles. The van der Waals surface area contributed by atoms with Crippen molar-refractivity contribution in [3.8, 4) is 0 Å². The number of anilines is 1. The van der Waals surface area contributed by atoms with Gasteiger partial charge >= 0.3 is 6.03 Å². The van der Waals surface area contributed by atoms with E-state index in [1.165, 1.54) is 5.56 Å². The molecule has 1 unspecified atom stereocenters. The van der Waals surface area contributed by atoms with E-state index in [1.807, 2.05) is 18.2 Å². The maximum absolute atomic E-state index is 12.0. The molecule has 1 aliphatic heterocycles. The number of amides is 2. The molecule has 1 aliphatic carbocycles. The van der Waals surface area contributed by atoms with Crippen LogP contribution in [-0.2, 0) is 6.54 Å². The Hall–Kier alpha value is -2.40. The fourth-order valence-electron chi connectivity index (χ4n) is 3.54. The van der Waals surface area contributed by atoms with Gasteiger partial charge in [-0.3, -0.25) is 10.2 Å². The number of nitrogens with zero attached hydrogens (tertiary/aromatic N) is 2. The Balaban J connectivity index is 1.24. The van der Waals surface area contributed by atoms with Crippen molar-refractivity contribution in [1.82, 2.24) is 15.2 Å². The Kier molecular flexibility index (Phi) is 3.71. The first-order valence-corrected chi connectivity index (χ1v) is 8.04. The van der Waals surface area contributed by atoms with Crippen LogP contribution < -0.4 is 10.6 Å². The lowest BCUT2D eigenvalue weighted by atomic mass is 10.2. The molecule has 1 saturated carbocycles. The van der Waals surface area contributed by atoms with E-state index in [4.69, 9.17) is 0 Å². The predicted molar refractivity (Wildman–Crippen MR) is 88.9 cm³/mol. The number of urea groups is 1. The van der Waals surface area contributed by atoms with Crippen LogP contribution in [0.3, 0.4) is 0 Å². The summed E-state index contributed by atoms with van der Waals surface area (Å²) in [6.45, 7) is 3.13. The minimum Gasteiger partial charge on any atom is -0.334 e. The Morgan fingerprint density at radius 2 is 1.83 bits per heavy atom. The Morgan fingerprint density at radius 3 is 2.52 bits per heavy atom. The van der Waals surface area contributed by atoms with Crippen molar-refractivity contribution in [2.45, 2.75) is 12.6 Å². The zero-order valence-electron chi connectivity index (χ0n) is 12.9. The van der Waals surface area contributed by atoms with Gasteiger partial charge in [-0.05, 0) is 29.5 Å². The van der Waals surface area contributed by atoms with Gasteiger partial charge in [-0.15, -0.1) is 0 Å². The van der Waals surface area contributed by atoms with Gasteiger partial charge < -0.3 is 5.32 Å². The molecule has 1 aromatic carbocycles. The summed E-state index contributed by atoms with van der Waals surface area (Å²) in [7, 11) is 0. The number of hydrogen-bond donors (Lipinski definition) is 2. The third kappa shape index (κ3) is 3.19. The number of hydrogen-bond acceptors (Lipinski definition) is 3. The van der Waals surface area contributed by atoms with Gasteiger partial charge in [0.1, 0.15) is 5.82 Å². The van der Waals surface area contributed by atoms with Crippen molar-refractivity contribution in [1.29, 1.82) is 0 Å². The average molecular weight is 308 g/mol. The first kappa shape index (κ1) is 14.2. The Bertz CT molecular complexity index is 664. The van der Waals surface area contributed by atoms with Crippen molar-refractivity contribution in [2.24, 2.45) is 11.8 Å². The standard InChI is InChI=1S/C18H20N4O/c23-18(20-16-8-4-5-9-19-16)21-17-14-11-22(12-15(14)17)10-13-6-2-1-3-7-13/h1-9,14-15,17H,10-12H2,(H2,19,20,21,23)/t14-,15+,17?. The average Bonchev–Trinajstić information content (AvgIpc) is 3.01. The lowest BCUT2D eigenvalue weighted by Crippen LogP contribution is -2.37. The van der Waals surface area contributed by atoms with Crippen molar-refractivity contribution in [2.75, 3.05) is 18.4 Å². The number of nitrogens with one attached hydrogen (secondary N) is 2. The molecule has 5 nitrogen and oxygen atoms in total. The molecule has 1 saturated heterocycles. The second kappa shape index (κ2) is 6.01. The van der Waals surface area contributed by atoms with E-state index in [2.05, 4.69) is 44.8 Å². The molecule has 2 aliphatic rings. The summed E-state index contributed by atoms with van der Waals surface area (Å²) in [5, 5.41) is 5.85. The van der Waals surface area contributed by atoms with E-state index in [0.29, 0.717) is 23.7 Å². The molecule has 2 aromatic rings. The molecule has 3 atom stereocenters. The predicted octanol–water partition coefficient (Wildman–Crippen LogP) is 2.33. The van der Waals surface area contributed by atoms with E-state index in [0.717, 1.165) is 19.6 Å². The Morgan fingerprint density at radius 1 is 1.09 bits per heavy atom. The van der Waals surface area contributed by atoms with Crippen LogP contribution in [0, 0.1) is 11.8 Å². The van der Waals surface area contributed by atoms with E-state index in [-0.39, 0.29) is 6.03 Å². The molecule has 23 heavy (non-hydrogen) atoms. The fraction of sp³-hybridized carbons (Fsp3) is 0.333. The fourth-order valence-corrected chi connectivity index (χ4v) is 3.54. The van der Waals surface area contributed by atoms with Gasteiger partial charge in [-0.1, -0.05) is 36.4 Å². The minimum absolute atomic E-state index is 0.155. The number of rotatable bonds is 4. The smallest absolute Gasteiger partial charge is 0.320 e. The topological polar surface area (TPSA) is 57.3 Å². The largest absolute Gasteiger partial charge is 0.334 e. The molecule has 0 spiro atoms. The van der Waals surface area contributed by atoms with Gasteiger partial charge in [0.2, 0.25) is 0 Å². The molecule has 2 heterocycles. The quantitative estimate of drug-likeness (QED) is 0.911. The summed E-state index contributed by atoms with van der Waals surface area (Å²) in [6.07, 6.45) is 1.67. The van der Waals surface area contributed by atoms with Crippen molar-refractivity contribution in [3.63, 3.8) is 0 Å². The number of benzene rings is 1. The number of likely N-dealkylation sites (tertiary alicyclic amines) is 1. The van der Waals surface area contributed by atoms with Crippen LogP contribution in [-0.4, -0.2) is 35.0 Å². The third-order valence-electron chi connectivity index (χ3n) is 4.72. The van der Waals surface area contributed by atoms with Crippen LogP contribution in [0.1, 0.15) is 5.56 Å². The summed E-state index contributed by atoms with van der Waals surface area (Å²) in [6, 6.07) is 16.2. The van der Waals surface area contributed by atoms with Crippen LogP contribution >= 0.6 is 0 Å². The number of carbonyl (C=O) groups excluding carboxylic acids is 1. The lowest BCUT2D eigenvalue weighted by molar-refractivity contribution is 0.245. The van der Waals surface area contributed by atoms with Crippen molar-refractivity contribution < 1.29 is 4.79 Å². The molecular weight excluding hydrogens is 288 g/mol. The number of piperidine rings is 1. The SMILES string of the molecule is O=C(Nc1ccccn1)NC1[C@H]2CN(Cc3ccccc3)C[C@@H]12. The van der Waals surface area contributed by atoms with Crippen molar-refractivity contribution >= 4 is 11.8 Å². The lowest BCUT2D eigenvalue weighted by Gasteiger charge is -2.20. The van der Waals surface area contributed by atoms with Crippen molar-refractivity contribution in [3.05, 3.63) is 60.3 Å². The first-order chi connectivity index (χ1) is 11.3. The summed E-state index contributed by atoms with van der Waals surface area (Å²) in [5.41, 5.74) is 1.35. The van der Waals surface area contributed by atoms with Gasteiger partial charge in [-0.25, -0.2) is 9.78 Å². The second-order valence-corrected chi connectivity index (χ2v) is 6.35. The van der Waals surface area contributed by atoms with Gasteiger partial charge in [0.05, 0.1) is 0 Å². The molecule has 5 heteroatoms. The maximum Gasteiger partial charge on any atom is 0.320 e. The molecule has 4 rings (SSSR count). The van der Waals surface area contributed by atoms with E-state index in [1.54, 1.807) is 12.3 Å². The zero-order chi connectivity index (χ0) is 15.6. The molecule has 0 radical (unpaired) electrons. The molecule has 0 bridgehead atoms. The third-order valence-corrected chi connectivity index (χ3v) is 4.72. The highest BCUT2D eigenvalue weighted by Crippen LogP contribution is 2.45. The van der Waals surface area contributed by atoms with Gasteiger partial charge in [0.25, 0.3) is 0 Å². The number of pyridine rings is 1. The van der Waals surface area contributed by atoms with Crippen LogP contribution in [0.2, 0.25) is 0 Å². The van der Waals surface area contributed by atoms with Crippen LogP contribution in [0.4, 0.5) is 10.6 Å². The summed E-state index contributed by atoms with van der Waals surface area (Å²) < 4.78 is 0. The van der Waals surface area contributed by atoms with Crippen LogP contribution in [0.25, 0.3) is 0 Å². The monoisotopic (exact) mass is 308 g/mol. The summed E-state index contributed by atoms with van der Waals surface area (Å²) >= 11 is 0. The van der Waals surface area contributed by atoms with E-state index in [9.17, 15) is 4.79 Å². The summed E-state index contributed by atoms with van der Waals surface area (Å²) in [4.78, 5) is 18.6. The highest BCUT2D eigenvalue weighted by Gasteiger charge is 2.56. The normalized spacial score (nSPS) is 25.7. The van der Waals surface area contributed by atoms with Gasteiger partial charge in [0, 0.05) is 31.9 Å². The number of carbonyl (C=O) groups is 1. The zero-order valence-corrected chi connectivity index (χ0v) is 12.9. The molecule has 2 N–H and O–H groups in total. The number of fused-ring (bicyclic) bond motifs is 1. The first-order valence-electron chi connectivity index (χ1n) is 8.04. The molecular formula is C18H20N4O.